The van der Waals surface area contributed by atoms with Crippen molar-refractivity contribution in [3.05, 3.63) is 53.7 Å². The van der Waals surface area contributed by atoms with Gasteiger partial charge in [0.1, 0.15) is 11.5 Å². The molecule has 0 atom stereocenters. The van der Waals surface area contributed by atoms with Gasteiger partial charge in [-0.05, 0) is 29.2 Å². The van der Waals surface area contributed by atoms with E-state index in [1.807, 2.05) is 36.4 Å². The van der Waals surface area contributed by atoms with Gasteiger partial charge in [-0.25, -0.2) is 4.98 Å². The second kappa shape index (κ2) is 5.95. The first-order valence-corrected chi connectivity index (χ1v) is 6.97. The third kappa shape index (κ3) is 3.60. The summed E-state index contributed by atoms with van der Waals surface area (Å²) in [6.07, 6.45) is 0. The Balaban J connectivity index is 2.28. The molecule has 0 aliphatic heterocycles. The molecule has 0 saturated heterocycles. The van der Waals surface area contributed by atoms with E-state index >= 15 is 0 Å². The summed E-state index contributed by atoms with van der Waals surface area (Å²) in [5, 5.41) is 5.89. The van der Waals surface area contributed by atoms with Gasteiger partial charge in [-0.15, -0.1) is 0 Å². The lowest BCUT2D eigenvalue weighted by molar-refractivity contribution is 0.102. The molecule has 0 aliphatic rings. The van der Waals surface area contributed by atoms with Crippen molar-refractivity contribution in [1.82, 2.24) is 4.98 Å². The van der Waals surface area contributed by atoms with Crippen LogP contribution >= 0.6 is 0 Å². The van der Waals surface area contributed by atoms with Gasteiger partial charge in [-0.2, -0.15) is 0 Å². The monoisotopic (exact) mass is 283 g/mol. The van der Waals surface area contributed by atoms with Crippen LogP contribution in [0, 0.1) is 0 Å². The van der Waals surface area contributed by atoms with E-state index < -0.39 is 0 Å². The molecule has 1 amide bonds. The number of para-hydroxylation sites is 1. The molecule has 4 heteroatoms. The molecular formula is C17H21N3O. The fraction of sp³-hybridized carbons (Fsp3) is 0.294. The van der Waals surface area contributed by atoms with E-state index in [-0.39, 0.29) is 11.3 Å². The fourth-order valence-corrected chi connectivity index (χ4v) is 2.13. The van der Waals surface area contributed by atoms with E-state index in [4.69, 9.17) is 0 Å². The van der Waals surface area contributed by atoms with Crippen LogP contribution in [0.5, 0.6) is 0 Å². The van der Waals surface area contributed by atoms with Gasteiger partial charge in [0.05, 0.1) is 0 Å². The van der Waals surface area contributed by atoms with Crippen molar-refractivity contribution >= 4 is 17.4 Å². The smallest absolute Gasteiger partial charge is 0.274 e. The van der Waals surface area contributed by atoms with Crippen molar-refractivity contribution in [3.63, 3.8) is 0 Å². The summed E-state index contributed by atoms with van der Waals surface area (Å²) in [5.74, 6) is 0.468. The summed E-state index contributed by atoms with van der Waals surface area (Å²) < 4.78 is 0. The van der Waals surface area contributed by atoms with Gasteiger partial charge in [0.15, 0.2) is 0 Å². The van der Waals surface area contributed by atoms with Crippen molar-refractivity contribution in [2.24, 2.45) is 0 Å². The second-order valence-corrected chi connectivity index (χ2v) is 5.91. The number of pyridine rings is 1. The fourth-order valence-electron chi connectivity index (χ4n) is 2.13. The molecule has 4 nitrogen and oxygen atoms in total. The van der Waals surface area contributed by atoms with Crippen molar-refractivity contribution < 1.29 is 4.79 Å². The van der Waals surface area contributed by atoms with Crippen LogP contribution in [0.4, 0.5) is 11.5 Å². The minimum atomic E-state index is -0.205. The molecule has 0 fully saturated rings. The summed E-state index contributed by atoms with van der Waals surface area (Å²) >= 11 is 0. The normalized spacial score (nSPS) is 11.0. The SMILES string of the molecule is CNc1cccc(C(=O)Nc2ccccc2C(C)(C)C)n1. The Hall–Kier alpha value is -2.36. The Labute approximate surface area is 125 Å². The molecule has 0 spiro atoms. The van der Waals surface area contributed by atoms with Gasteiger partial charge >= 0.3 is 0 Å². The van der Waals surface area contributed by atoms with Crippen LogP contribution in [0.15, 0.2) is 42.5 Å². The number of amides is 1. The number of benzene rings is 1. The summed E-state index contributed by atoms with van der Waals surface area (Å²) in [6.45, 7) is 6.37. The topological polar surface area (TPSA) is 54.0 Å². The first kappa shape index (κ1) is 15.0. The highest BCUT2D eigenvalue weighted by Crippen LogP contribution is 2.29. The van der Waals surface area contributed by atoms with E-state index in [0.717, 1.165) is 11.3 Å². The minimum Gasteiger partial charge on any atom is -0.373 e. The van der Waals surface area contributed by atoms with Gasteiger partial charge < -0.3 is 10.6 Å². The predicted octanol–water partition coefficient (Wildman–Crippen LogP) is 3.67. The molecule has 0 bridgehead atoms. The molecule has 0 aliphatic carbocycles. The summed E-state index contributed by atoms with van der Waals surface area (Å²) in [6, 6.07) is 13.2. The quantitative estimate of drug-likeness (QED) is 0.903. The molecule has 0 radical (unpaired) electrons. The number of nitrogens with one attached hydrogen (secondary N) is 2. The third-order valence-electron chi connectivity index (χ3n) is 3.22. The van der Waals surface area contributed by atoms with Crippen LogP contribution in [0.25, 0.3) is 0 Å². The minimum absolute atomic E-state index is 0.0376. The molecule has 1 heterocycles. The van der Waals surface area contributed by atoms with Gasteiger partial charge in [0, 0.05) is 12.7 Å². The molecule has 1 aromatic carbocycles. The zero-order valence-electron chi connectivity index (χ0n) is 12.9. The average molecular weight is 283 g/mol. The van der Waals surface area contributed by atoms with E-state index in [9.17, 15) is 4.79 Å². The largest absolute Gasteiger partial charge is 0.373 e. The highest BCUT2D eigenvalue weighted by Gasteiger charge is 2.19. The maximum atomic E-state index is 12.4. The summed E-state index contributed by atoms with van der Waals surface area (Å²) in [4.78, 5) is 16.6. The van der Waals surface area contributed by atoms with Crippen LogP contribution in [0.1, 0.15) is 36.8 Å². The van der Waals surface area contributed by atoms with Crippen LogP contribution < -0.4 is 10.6 Å². The van der Waals surface area contributed by atoms with Crippen molar-refractivity contribution in [1.29, 1.82) is 0 Å². The van der Waals surface area contributed by atoms with Crippen LogP contribution in [-0.4, -0.2) is 17.9 Å². The van der Waals surface area contributed by atoms with Crippen molar-refractivity contribution in [3.8, 4) is 0 Å². The first-order chi connectivity index (χ1) is 9.91. The number of nitrogens with zero attached hydrogens (tertiary/aromatic N) is 1. The molecule has 0 unspecified atom stereocenters. The third-order valence-corrected chi connectivity index (χ3v) is 3.22. The average Bonchev–Trinajstić information content (AvgIpc) is 2.46. The number of carbonyl (C=O) groups excluding carboxylic acids is 1. The lowest BCUT2D eigenvalue weighted by atomic mass is 9.86. The van der Waals surface area contributed by atoms with Crippen molar-refractivity contribution in [2.45, 2.75) is 26.2 Å². The van der Waals surface area contributed by atoms with Gasteiger partial charge in [0.2, 0.25) is 0 Å². The number of rotatable bonds is 3. The molecule has 2 N–H and O–H groups in total. The number of hydrogen-bond acceptors (Lipinski definition) is 3. The lowest BCUT2D eigenvalue weighted by Gasteiger charge is -2.22. The van der Waals surface area contributed by atoms with E-state index in [1.54, 1.807) is 13.1 Å². The summed E-state index contributed by atoms with van der Waals surface area (Å²) in [5.41, 5.74) is 2.28. The lowest BCUT2D eigenvalue weighted by Crippen LogP contribution is -2.19. The molecule has 110 valence electrons. The summed E-state index contributed by atoms with van der Waals surface area (Å²) in [7, 11) is 1.78. The second-order valence-electron chi connectivity index (χ2n) is 5.91. The molecule has 0 saturated carbocycles. The van der Waals surface area contributed by atoms with Crippen LogP contribution in [0.3, 0.4) is 0 Å². The Bertz CT molecular complexity index is 644. The van der Waals surface area contributed by atoms with Gasteiger partial charge in [0.25, 0.3) is 5.91 Å². The predicted molar refractivity (Wildman–Crippen MR) is 86.9 cm³/mol. The Morgan fingerprint density at radius 3 is 2.43 bits per heavy atom. The van der Waals surface area contributed by atoms with Gasteiger partial charge in [-0.3, -0.25) is 4.79 Å². The number of carbonyl (C=O) groups is 1. The van der Waals surface area contributed by atoms with E-state index in [1.165, 1.54) is 0 Å². The van der Waals surface area contributed by atoms with Crippen LogP contribution in [0.2, 0.25) is 0 Å². The number of hydrogen-bond donors (Lipinski definition) is 2. The Morgan fingerprint density at radius 2 is 1.76 bits per heavy atom. The highest BCUT2D eigenvalue weighted by atomic mass is 16.1. The molecular weight excluding hydrogens is 262 g/mol. The molecule has 21 heavy (non-hydrogen) atoms. The van der Waals surface area contributed by atoms with E-state index in [2.05, 4.69) is 36.4 Å². The zero-order valence-corrected chi connectivity index (χ0v) is 12.9. The standard InChI is InChI=1S/C17H21N3O/c1-17(2,3)12-8-5-6-9-13(12)20-16(21)14-10-7-11-15(18-4)19-14/h5-11H,1-4H3,(H,18,19)(H,20,21). The van der Waals surface area contributed by atoms with Crippen LogP contribution in [-0.2, 0) is 5.41 Å². The van der Waals surface area contributed by atoms with Crippen molar-refractivity contribution in [2.75, 3.05) is 17.7 Å². The zero-order chi connectivity index (χ0) is 15.5. The van der Waals surface area contributed by atoms with E-state index in [0.29, 0.717) is 11.5 Å². The molecule has 2 aromatic rings. The molecule has 1 aromatic heterocycles. The first-order valence-electron chi connectivity index (χ1n) is 6.97. The maximum Gasteiger partial charge on any atom is 0.274 e. The Morgan fingerprint density at radius 1 is 1.05 bits per heavy atom. The number of anilines is 2. The highest BCUT2D eigenvalue weighted by molar-refractivity contribution is 6.03. The number of aromatic nitrogens is 1. The molecule has 2 rings (SSSR count). The Kier molecular flexibility index (Phi) is 4.26. The van der Waals surface area contributed by atoms with Gasteiger partial charge in [-0.1, -0.05) is 45.0 Å². The maximum absolute atomic E-state index is 12.4.